The minimum atomic E-state index is -0.184. The maximum atomic E-state index is 12.1. The minimum Gasteiger partial charge on any atom is -0.206 e. The Morgan fingerprint density at radius 1 is 0.783 bits per heavy atom. The average Bonchev–Trinajstić information content (AvgIpc) is 2.73. The molecule has 1 aliphatic heterocycles. The van der Waals surface area contributed by atoms with Crippen LogP contribution in [0.1, 0.15) is 50.2 Å². The van der Waals surface area contributed by atoms with Gasteiger partial charge in [0.2, 0.25) is 0 Å². The van der Waals surface area contributed by atoms with Gasteiger partial charge in [0.05, 0.1) is 0 Å². The zero-order valence-corrected chi connectivity index (χ0v) is 13.7. The predicted octanol–water partition coefficient (Wildman–Crippen LogP) is 5.92. The highest BCUT2D eigenvalue weighted by molar-refractivity contribution is 5.86. The van der Waals surface area contributed by atoms with Crippen molar-refractivity contribution in [1.29, 1.82) is 0 Å². The summed E-state index contributed by atoms with van der Waals surface area (Å²) in [5.74, 6) is 0. The predicted molar refractivity (Wildman–Crippen MR) is 96.5 cm³/mol. The summed E-state index contributed by atoms with van der Waals surface area (Å²) in [6.45, 7) is 2.26. The van der Waals surface area contributed by atoms with Crippen LogP contribution in [0.3, 0.4) is 0 Å². The lowest BCUT2D eigenvalue weighted by Crippen LogP contribution is -2.60. The van der Waals surface area contributed by atoms with Gasteiger partial charge < -0.3 is 0 Å². The van der Waals surface area contributed by atoms with E-state index in [1.54, 1.807) is 0 Å². The van der Waals surface area contributed by atoms with Crippen molar-refractivity contribution in [2.24, 2.45) is 0 Å². The number of hydrogen-bond acceptors (Lipinski definition) is 1. The van der Waals surface area contributed by atoms with E-state index in [-0.39, 0.29) is 10.2 Å². The van der Waals surface area contributed by atoms with Crippen LogP contribution in [0.2, 0.25) is 0 Å². The third-order valence-electron chi connectivity index (χ3n) is 5.73. The van der Waals surface area contributed by atoms with Gasteiger partial charge in [-0.1, -0.05) is 30.7 Å². The molecule has 2 aromatic carbocycles. The second kappa shape index (κ2) is 5.33. The van der Waals surface area contributed by atoms with Gasteiger partial charge in [-0.15, -0.1) is 4.65 Å². The van der Waals surface area contributed by atoms with Crippen molar-refractivity contribution in [2.75, 3.05) is 0 Å². The van der Waals surface area contributed by atoms with Gasteiger partial charge in [-0.3, -0.25) is 0 Å². The zero-order valence-electron chi connectivity index (χ0n) is 13.7. The number of hydrogen-bond donors (Lipinski definition) is 1. The van der Waals surface area contributed by atoms with Crippen molar-refractivity contribution in [2.45, 2.75) is 44.6 Å². The van der Waals surface area contributed by atoms with Crippen LogP contribution in [-0.4, -0.2) is 10.7 Å². The Bertz CT molecular complexity index is 706. The van der Waals surface area contributed by atoms with Crippen molar-refractivity contribution < 1.29 is 5.21 Å². The van der Waals surface area contributed by atoms with Gasteiger partial charge in [-0.25, -0.2) is 5.21 Å². The lowest BCUT2D eigenvalue weighted by atomic mass is 9.80. The lowest BCUT2D eigenvalue weighted by Gasteiger charge is -2.47. The maximum absolute atomic E-state index is 12.1. The molecule has 1 saturated carbocycles. The minimum absolute atomic E-state index is 0.0770. The summed E-state index contributed by atoms with van der Waals surface area (Å²) in [5, 5.41) is 12.1. The second-order valence-corrected chi connectivity index (χ2v) is 7.14. The van der Waals surface area contributed by atoms with Gasteiger partial charge in [0.25, 0.3) is 0 Å². The van der Waals surface area contributed by atoms with Crippen molar-refractivity contribution in [3.8, 4) is 0 Å². The van der Waals surface area contributed by atoms with E-state index in [0.717, 1.165) is 35.3 Å². The van der Waals surface area contributed by atoms with E-state index in [9.17, 15) is 5.21 Å². The van der Waals surface area contributed by atoms with Crippen molar-refractivity contribution in [1.82, 2.24) is 4.65 Å². The molecule has 2 heteroatoms. The van der Waals surface area contributed by atoms with Gasteiger partial charge in [-0.2, -0.15) is 0 Å². The molecule has 0 spiro atoms. The number of para-hydroxylation sites is 2. The Labute approximate surface area is 138 Å². The van der Waals surface area contributed by atoms with E-state index in [1.807, 2.05) is 24.3 Å². The summed E-state index contributed by atoms with van der Waals surface area (Å²) < 4.78 is -0.0770. The number of benzene rings is 2. The van der Waals surface area contributed by atoms with E-state index >= 15 is 0 Å². The van der Waals surface area contributed by atoms with Crippen LogP contribution in [0, 0.1) is 0 Å². The summed E-state index contributed by atoms with van der Waals surface area (Å²) in [4.78, 5) is 0. The normalized spacial score (nSPS) is 21.1. The van der Waals surface area contributed by atoms with Gasteiger partial charge in [-0.05, 0) is 44.1 Å². The van der Waals surface area contributed by atoms with Crippen LogP contribution >= 0.6 is 0 Å². The molecule has 2 aliphatic rings. The van der Waals surface area contributed by atoms with Crippen LogP contribution in [0.5, 0.6) is 0 Å². The molecule has 1 aliphatic carbocycles. The van der Waals surface area contributed by atoms with Crippen LogP contribution in [-0.2, 0) is 0 Å². The summed E-state index contributed by atoms with van der Waals surface area (Å²) >= 11 is 0. The van der Waals surface area contributed by atoms with Gasteiger partial charge in [0.15, 0.2) is 11.4 Å². The Morgan fingerprint density at radius 3 is 1.78 bits per heavy atom. The van der Waals surface area contributed by atoms with Gasteiger partial charge in [0.1, 0.15) is 5.54 Å². The van der Waals surface area contributed by atoms with Crippen LogP contribution in [0.15, 0.2) is 48.5 Å². The standard InChI is InChI=1S/C21H24NO/c1-21(15-7-2-8-16-21)22(23)19-11-5-3-9-17(19)13-14-18-10-4-6-12-20(18)22/h3-6,9-14,23H,2,7-8,15-16H2,1H3/q+1. The highest BCUT2D eigenvalue weighted by atomic mass is 16.6. The molecule has 0 saturated heterocycles. The average molecular weight is 306 g/mol. The van der Waals surface area contributed by atoms with Crippen molar-refractivity contribution >= 4 is 23.5 Å². The highest BCUT2D eigenvalue weighted by Gasteiger charge is 2.53. The molecule has 0 radical (unpaired) electrons. The molecule has 1 heterocycles. The van der Waals surface area contributed by atoms with Crippen LogP contribution in [0.25, 0.3) is 12.2 Å². The summed E-state index contributed by atoms with van der Waals surface area (Å²) in [7, 11) is 0. The first-order valence-electron chi connectivity index (χ1n) is 8.64. The van der Waals surface area contributed by atoms with E-state index in [0.29, 0.717) is 0 Å². The molecule has 0 aromatic heterocycles. The Balaban J connectivity index is 2.02. The topological polar surface area (TPSA) is 20.2 Å². The summed E-state index contributed by atoms with van der Waals surface area (Å²) in [6.07, 6.45) is 10.0. The molecule has 23 heavy (non-hydrogen) atoms. The van der Waals surface area contributed by atoms with Crippen molar-refractivity contribution in [3.63, 3.8) is 0 Å². The third kappa shape index (κ3) is 2.09. The first-order chi connectivity index (χ1) is 11.2. The fraction of sp³-hybridized carbons (Fsp3) is 0.333. The van der Waals surface area contributed by atoms with Gasteiger partial charge in [0, 0.05) is 36.1 Å². The fourth-order valence-corrected chi connectivity index (χ4v) is 4.37. The molecule has 118 valence electrons. The van der Waals surface area contributed by atoms with Gasteiger partial charge >= 0.3 is 0 Å². The number of hydroxylamine groups is 1. The SMILES string of the molecule is CC1([N+]2(O)c3ccccc3C=Cc3ccccc32)CCCCC1. The molecule has 0 unspecified atom stereocenters. The van der Waals surface area contributed by atoms with E-state index < -0.39 is 0 Å². The first-order valence-corrected chi connectivity index (χ1v) is 8.64. The molecule has 2 aromatic rings. The highest BCUT2D eigenvalue weighted by Crippen LogP contribution is 2.51. The third-order valence-corrected chi connectivity index (χ3v) is 5.73. The Morgan fingerprint density at radius 2 is 1.26 bits per heavy atom. The lowest BCUT2D eigenvalue weighted by molar-refractivity contribution is -0.118. The summed E-state index contributed by atoms with van der Waals surface area (Å²) in [5.41, 5.74) is 4.03. The number of nitrogens with zero attached hydrogens (tertiary/aromatic N) is 1. The molecule has 1 fully saturated rings. The molecule has 0 amide bonds. The Kier molecular flexibility index (Phi) is 3.40. The van der Waals surface area contributed by atoms with Crippen LogP contribution in [0.4, 0.5) is 11.4 Å². The number of quaternary nitrogens is 1. The first kappa shape index (κ1) is 14.7. The number of rotatable bonds is 1. The Hall–Kier alpha value is -1.90. The molecular weight excluding hydrogens is 282 g/mol. The summed E-state index contributed by atoms with van der Waals surface area (Å²) in [6, 6.07) is 16.6. The van der Waals surface area contributed by atoms with Crippen LogP contribution < -0.4 is 4.65 Å². The van der Waals surface area contributed by atoms with Crippen molar-refractivity contribution in [3.05, 3.63) is 59.7 Å². The quantitative estimate of drug-likeness (QED) is 0.648. The molecular formula is C21H24NO+. The monoisotopic (exact) mass is 306 g/mol. The largest absolute Gasteiger partial charge is 0.206 e. The van der Waals surface area contributed by atoms with E-state index in [1.165, 1.54) is 19.3 Å². The van der Waals surface area contributed by atoms with E-state index in [2.05, 4.69) is 43.3 Å². The molecule has 2 nitrogen and oxygen atoms in total. The smallest absolute Gasteiger partial charge is 0.178 e. The second-order valence-electron chi connectivity index (χ2n) is 7.14. The molecule has 0 bridgehead atoms. The molecule has 4 rings (SSSR count). The molecule has 1 N–H and O–H groups in total. The van der Waals surface area contributed by atoms with E-state index in [4.69, 9.17) is 0 Å². The maximum Gasteiger partial charge on any atom is 0.178 e. The fourth-order valence-electron chi connectivity index (χ4n) is 4.37. The molecule has 0 atom stereocenters. The number of fused-ring (bicyclic) bond motifs is 2. The zero-order chi connectivity index (χ0) is 15.9.